The number of ether oxygens (including phenoxy) is 2. The maximum atomic E-state index is 12.7. The van der Waals surface area contributed by atoms with Gasteiger partial charge in [-0.15, -0.1) is 6.42 Å². The van der Waals surface area contributed by atoms with E-state index in [1.165, 1.54) is 6.21 Å². The third-order valence-electron chi connectivity index (χ3n) is 4.37. The quantitative estimate of drug-likeness (QED) is 0.295. The van der Waals surface area contributed by atoms with Gasteiger partial charge in [0, 0.05) is 0 Å². The number of hydrogen-bond acceptors (Lipinski definition) is 5. The molecule has 2 aromatic carbocycles. The second kappa shape index (κ2) is 12.7. The number of rotatable bonds is 10. The predicted molar refractivity (Wildman–Crippen MR) is 130 cm³/mol. The molecule has 0 saturated heterocycles. The van der Waals surface area contributed by atoms with E-state index >= 15 is 0 Å². The van der Waals surface area contributed by atoms with Crippen LogP contribution < -0.4 is 20.2 Å². The first-order valence-corrected chi connectivity index (χ1v) is 10.9. The summed E-state index contributed by atoms with van der Waals surface area (Å²) in [6.45, 7) is 5.87. The van der Waals surface area contributed by atoms with Crippen LogP contribution in [-0.4, -0.2) is 37.3 Å². The van der Waals surface area contributed by atoms with Crippen molar-refractivity contribution in [2.75, 3.05) is 13.2 Å². The van der Waals surface area contributed by atoms with Gasteiger partial charge in [-0.3, -0.25) is 9.59 Å². The highest BCUT2D eigenvalue weighted by Crippen LogP contribution is 2.36. The van der Waals surface area contributed by atoms with Gasteiger partial charge in [0.2, 0.25) is 0 Å². The Kier molecular flexibility index (Phi) is 10.0. The van der Waals surface area contributed by atoms with Gasteiger partial charge in [0.25, 0.3) is 11.8 Å². The Hall–Kier alpha value is -3.21. The highest BCUT2D eigenvalue weighted by Gasteiger charge is 2.25. The molecule has 0 aromatic heterocycles. The third-order valence-corrected chi connectivity index (χ3v) is 4.98. The zero-order valence-corrected chi connectivity index (χ0v) is 20.0. The molecule has 0 bridgehead atoms. The fraction of sp³-hybridized carbons (Fsp3) is 0.292. The summed E-state index contributed by atoms with van der Waals surface area (Å²) in [6.07, 6.45) is 6.64. The molecule has 7 nitrogen and oxygen atoms in total. The van der Waals surface area contributed by atoms with Crippen LogP contribution in [0.1, 0.15) is 36.7 Å². The first kappa shape index (κ1) is 26.0. The van der Waals surface area contributed by atoms with Gasteiger partial charge in [-0.25, -0.2) is 5.43 Å². The molecule has 0 radical (unpaired) electrons. The summed E-state index contributed by atoms with van der Waals surface area (Å²) >= 11 is 12.4. The lowest BCUT2D eigenvalue weighted by atomic mass is 10.0. The van der Waals surface area contributed by atoms with Crippen LogP contribution in [0.15, 0.2) is 41.5 Å². The number of amides is 2. The van der Waals surface area contributed by atoms with Crippen molar-refractivity contribution >= 4 is 41.2 Å². The van der Waals surface area contributed by atoms with E-state index in [0.29, 0.717) is 28.7 Å². The van der Waals surface area contributed by atoms with Crippen LogP contribution in [-0.2, 0) is 4.79 Å². The lowest BCUT2D eigenvalue weighted by Gasteiger charge is -2.20. The van der Waals surface area contributed by atoms with Crippen LogP contribution in [0, 0.1) is 18.3 Å². The van der Waals surface area contributed by atoms with E-state index in [1.54, 1.807) is 36.4 Å². The van der Waals surface area contributed by atoms with Crippen LogP contribution in [0.4, 0.5) is 0 Å². The lowest BCUT2D eigenvalue weighted by Crippen LogP contribution is -2.48. The smallest absolute Gasteiger partial charge is 0.262 e. The highest BCUT2D eigenvalue weighted by atomic mass is 35.5. The summed E-state index contributed by atoms with van der Waals surface area (Å²) in [5, 5.41) is 7.27. The summed E-state index contributed by atoms with van der Waals surface area (Å²) < 4.78 is 11.0. The van der Waals surface area contributed by atoms with E-state index in [0.717, 1.165) is 0 Å². The lowest BCUT2D eigenvalue weighted by molar-refractivity contribution is -0.123. The van der Waals surface area contributed by atoms with Crippen LogP contribution in [0.2, 0.25) is 10.0 Å². The van der Waals surface area contributed by atoms with Gasteiger partial charge in [-0.05, 0) is 42.7 Å². The second-order valence-corrected chi connectivity index (χ2v) is 7.98. The van der Waals surface area contributed by atoms with Crippen molar-refractivity contribution in [3.8, 4) is 23.8 Å². The largest absolute Gasteiger partial charge is 0.490 e. The molecule has 0 heterocycles. The van der Waals surface area contributed by atoms with Gasteiger partial charge < -0.3 is 14.8 Å². The molecule has 2 rings (SSSR count). The second-order valence-electron chi connectivity index (χ2n) is 7.17. The summed E-state index contributed by atoms with van der Waals surface area (Å²) in [4.78, 5) is 25.2. The van der Waals surface area contributed by atoms with Crippen LogP contribution in [0.25, 0.3) is 0 Å². The predicted octanol–water partition coefficient (Wildman–Crippen LogP) is 4.31. The number of nitrogens with one attached hydrogen (secondary N) is 2. The summed E-state index contributed by atoms with van der Waals surface area (Å²) in [6, 6.07) is 9.04. The Bertz CT molecular complexity index is 1060. The molecule has 2 aromatic rings. The molecule has 0 spiro atoms. The molecule has 174 valence electrons. The minimum absolute atomic E-state index is 0.0415. The van der Waals surface area contributed by atoms with E-state index in [9.17, 15) is 9.59 Å². The van der Waals surface area contributed by atoms with Crippen molar-refractivity contribution in [2.45, 2.75) is 26.8 Å². The molecule has 1 unspecified atom stereocenters. The molecule has 0 aliphatic rings. The van der Waals surface area contributed by atoms with Crippen molar-refractivity contribution in [3.63, 3.8) is 0 Å². The van der Waals surface area contributed by atoms with Gasteiger partial charge in [0.15, 0.2) is 11.5 Å². The molecular formula is C24H25Cl2N3O4. The minimum atomic E-state index is -0.826. The fourth-order valence-corrected chi connectivity index (χ4v) is 3.31. The van der Waals surface area contributed by atoms with E-state index < -0.39 is 17.9 Å². The standard InChI is InChI=1S/C24H25Cl2N3O4/c1-5-11-33-22-19(26)12-16(13-20(22)32-6-2)14-27-29-24(31)21(15(3)4)28-23(30)17-9-7-8-10-18(17)25/h1,7-10,12-15,21H,6,11H2,2-4H3,(H,28,30)(H,29,31)/b27-14+. The van der Waals surface area contributed by atoms with Crippen molar-refractivity contribution in [2.24, 2.45) is 11.0 Å². The molecule has 33 heavy (non-hydrogen) atoms. The Balaban J connectivity index is 2.12. The summed E-state index contributed by atoms with van der Waals surface area (Å²) in [5.41, 5.74) is 3.30. The van der Waals surface area contributed by atoms with Gasteiger partial charge in [-0.2, -0.15) is 5.10 Å². The minimum Gasteiger partial charge on any atom is -0.490 e. The van der Waals surface area contributed by atoms with Crippen LogP contribution in [0.5, 0.6) is 11.5 Å². The normalized spacial score (nSPS) is 11.7. The zero-order valence-electron chi connectivity index (χ0n) is 18.5. The number of nitrogens with zero attached hydrogens (tertiary/aromatic N) is 1. The number of carbonyl (C=O) groups is 2. The molecule has 1 atom stereocenters. The maximum Gasteiger partial charge on any atom is 0.262 e. The Morgan fingerprint density at radius 2 is 1.91 bits per heavy atom. The molecule has 0 saturated carbocycles. The van der Waals surface area contributed by atoms with Crippen molar-refractivity contribution in [3.05, 3.63) is 57.6 Å². The summed E-state index contributed by atoms with van der Waals surface area (Å²) in [7, 11) is 0. The Morgan fingerprint density at radius 1 is 1.18 bits per heavy atom. The van der Waals surface area contributed by atoms with Gasteiger partial charge in [-0.1, -0.05) is 55.1 Å². The first-order chi connectivity index (χ1) is 15.8. The monoisotopic (exact) mass is 489 g/mol. The number of benzene rings is 2. The van der Waals surface area contributed by atoms with E-state index in [-0.39, 0.29) is 23.1 Å². The Labute approximate surface area is 203 Å². The van der Waals surface area contributed by atoms with E-state index in [1.807, 2.05) is 20.8 Å². The van der Waals surface area contributed by atoms with Gasteiger partial charge in [0.1, 0.15) is 12.6 Å². The molecule has 0 aliphatic heterocycles. The van der Waals surface area contributed by atoms with Crippen LogP contribution in [0.3, 0.4) is 0 Å². The number of hydrazone groups is 1. The SMILES string of the molecule is C#CCOc1c(Cl)cc(/C=N/NC(=O)C(NC(=O)c2ccccc2Cl)C(C)C)cc1OCC. The van der Waals surface area contributed by atoms with Crippen molar-refractivity contribution in [1.29, 1.82) is 0 Å². The zero-order chi connectivity index (χ0) is 24.4. The fourth-order valence-electron chi connectivity index (χ4n) is 2.82. The number of hydrogen-bond donors (Lipinski definition) is 2. The average molecular weight is 490 g/mol. The summed E-state index contributed by atoms with van der Waals surface area (Å²) in [5.74, 6) is 1.98. The highest BCUT2D eigenvalue weighted by molar-refractivity contribution is 6.34. The molecule has 0 fully saturated rings. The number of carbonyl (C=O) groups excluding carboxylic acids is 2. The van der Waals surface area contributed by atoms with Crippen LogP contribution >= 0.6 is 23.2 Å². The van der Waals surface area contributed by atoms with Crippen molar-refractivity contribution in [1.82, 2.24) is 10.7 Å². The topological polar surface area (TPSA) is 89.0 Å². The Morgan fingerprint density at radius 3 is 2.55 bits per heavy atom. The molecular weight excluding hydrogens is 465 g/mol. The average Bonchev–Trinajstić information content (AvgIpc) is 2.77. The number of halogens is 2. The van der Waals surface area contributed by atoms with Gasteiger partial charge >= 0.3 is 0 Å². The van der Waals surface area contributed by atoms with E-state index in [4.69, 9.17) is 39.1 Å². The first-order valence-electron chi connectivity index (χ1n) is 10.2. The number of terminal acetylenes is 1. The molecule has 0 aliphatic carbocycles. The molecule has 9 heteroatoms. The molecule has 2 amide bonds. The maximum absolute atomic E-state index is 12.7. The van der Waals surface area contributed by atoms with Crippen molar-refractivity contribution < 1.29 is 19.1 Å². The van der Waals surface area contributed by atoms with Gasteiger partial charge in [0.05, 0.1) is 28.4 Å². The molecule has 2 N–H and O–H groups in total. The van der Waals surface area contributed by atoms with E-state index in [2.05, 4.69) is 21.8 Å². The third kappa shape index (κ3) is 7.41.